The first-order valence-corrected chi connectivity index (χ1v) is 6.32. The number of aromatic nitrogens is 3. The van der Waals surface area contributed by atoms with Crippen molar-refractivity contribution in [3.8, 4) is 16.9 Å². The zero-order valence-electron chi connectivity index (χ0n) is 11.0. The number of benzene rings is 2. The summed E-state index contributed by atoms with van der Waals surface area (Å²) < 4.78 is 1.70. The molecule has 0 spiro atoms. The second-order valence-electron chi connectivity index (χ2n) is 4.59. The van der Waals surface area contributed by atoms with E-state index in [1.807, 2.05) is 55.6 Å². The Balaban J connectivity index is 2.02. The highest BCUT2D eigenvalue weighted by atomic mass is 16.1. The molecule has 0 aliphatic heterocycles. The van der Waals surface area contributed by atoms with Crippen molar-refractivity contribution in [3.05, 3.63) is 65.9 Å². The Morgan fingerprint density at radius 1 is 1.05 bits per heavy atom. The summed E-state index contributed by atoms with van der Waals surface area (Å²) in [4.78, 5) is 11.1. The van der Waals surface area contributed by atoms with Crippen molar-refractivity contribution >= 4 is 6.29 Å². The van der Waals surface area contributed by atoms with Crippen LogP contribution in [0.1, 0.15) is 15.9 Å². The second kappa shape index (κ2) is 5.09. The van der Waals surface area contributed by atoms with Gasteiger partial charge in [0.15, 0.2) is 6.29 Å². The van der Waals surface area contributed by atoms with E-state index >= 15 is 0 Å². The van der Waals surface area contributed by atoms with Crippen LogP contribution in [-0.4, -0.2) is 21.3 Å². The molecule has 4 heteroatoms. The molecule has 0 fully saturated rings. The monoisotopic (exact) mass is 263 g/mol. The van der Waals surface area contributed by atoms with Crippen LogP contribution in [0.15, 0.2) is 54.7 Å². The predicted molar refractivity (Wildman–Crippen MR) is 76.9 cm³/mol. The number of hydrogen-bond donors (Lipinski definition) is 0. The lowest BCUT2D eigenvalue weighted by molar-refractivity contribution is 0.112. The van der Waals surface area contributed by atoms with Gasteiger partial charge in [-0.3, -0.25) is 4.79 Å². The molecule has 0 unspecified atom stereocenters. The molecule has 98 valence electrons. The van der Waals surface area contributed by atoms with Gasteiger partial charge in [-0.25, -0.2) is 4.68 Å². The number of aryl methyl sites for hydroxylation is 1. The molecule has 0 saturated heterocycles. The summed E-state index contributed by atoms with van der Waals surface area (Å²) in [5.74, 6) is 0. The Bertz CT molecular complexity index is 744. The molecule has 0 radical (unpaired) electrons. The van der Waals surface area contributed by atoms with Gasteiger partial charge in [-0.2, -0.15) is 0 Å². The van der Waals surface area contributed by atoms with E-state index in [-0.39, 0.29) is 0 Å². The van der Waals surface area contributed by atoms with Crippen molar-refractivity contribution in [2.24, 2.45) is 0 Å². The maximum Gasteiger partial charge on any atom is 0.150 e. The van der Waals surface area contributed by atoms with Crippen molar-refractivity contribution in [3.63, 3.8) is 0 Å². The van der Waals surface area contributed by atoms with E-state index in [2.05, 4.69) is 10.3 Å². The second-order valence-corrected chi connectivity index (χ2v) is 4.59. The maximum atomic E-state index is 11.1. The van der Waals surface area contributed by atoms with Crippen LogP contribution in [-0.2, 0) is 0 Å². The SMILES string of the molecule is Cc1ccc(-n2cc(-c3ccccc3C=O)nn2)cc1. The van der Waals surface area contributed by atoms with E-state index in [1.165, 1.54) is 5.56 Å². The molecule has 20 heavy (non-hydrogen) atoms. The Morgan fingerprint density at radius 3 is 2.55 bits per heavy atom. The van der Waals surface area contributed by atoms with Crippen LogP contribution in [0, 0.1) is 6.92 Å². The normalized spacial score (nSPS) is 10.4. The molecule has 0 atom stereocenters. The number of nitrogens with zero attached hydrogens (tertiary/aromatic N) is 3. The molecule has 1 aromatic heterocycles. The van der Waals surface area contributed by atoms with Crippen LogP contribution >= 0.6 is 0 Å². The fraction of sp³-hybridized carbons (Fsp3) is 0.0625. The minimum Gasteiger partial charge on any atom is -0.298 e. The van der Waals surface area contributed by atoms with Gasteiger partial charge >= 0.3 is 0 Å². The van der Waals surface area contributed by atoms with Crippen LogP contribution in [0.2, 0.25) is 0 Å². The van der Waals surface area contributed by atoms with Crippen molar-refractivity contribution in [2.45, 2.75) is 6.92 Å². The van der Waals surface area contributed by atoms with Gasteiger partial charge in [0.1, 0.15) is 5.69 Å². The van der Waals surface area contributed by atoms with Gasteiger partial charge in [0.05, 0.1) is 11.9 Å². The molecule has 1 heterocycles. The summed E-state index contributed by atoms with van der Waals surface area (Å²) in [5.41, 5.74) is 4.23. The van der Waals surface area contributed by atoms with Crippen LogP contribution in [0.4, 0.5) is 0 Å². The fourth-order valence-electron chi connectivity index (χ4n) is 2.04. The van der Waals surface area contributed by atoms with Crippen LogP contribution < -0.4 is 0 Å². The lowest BCUT2D eigenvalue weighted by atomic mass is 10.1. The number of carbonyl (C=O) groups is 1. The van der Waals surface area contributed by atoms with Crippen LogP contribution in [0.25, 0.3) is 16.9 Å². The molecule has 0 amide bonds. The van der Waals surface area contributed by atoms with E-state index < -0.39 is 0 Å². The zero-order chi connectivity index (χ0) is 13.9. The standard InChI is InChI=1S/C16H13N3O/c1-12-6-8-14(9-7-12)19-10-16(17-18-19)15-5-3-2-4-13(15)11-20/h2-11H,1H3. The zero-order valence-corrected chi connectivity index (χ0v) is 11.0. The van der Waals surface area contributed by atoms with E-state index in [0.29, 0.717) is 11.3 Å². The third kappa shape index (κ3) is 2.23. The molecule has 0 aliphatic rings. The summed E-state index contributed by atoms with van der Waals surface area (Å²) in [5, 5.41) is 8.27. The average molecular weight is 263 g/mol. The summed E-state index contributed by atoms with van der Waals surface area (Å²) in [7, 11) is 0. The molecule has 4 nitrogen and oxygen atoms in total. The summed E-state index contributed by atoms with van der Waals surface area (Å²) in [6.45, 7) is 2.04. The molecule has 0 aliphatic carbocycles. The quantitative estimate of drug-likeness (QED) is 0.682. The van der Waals surface area contributed by atoms with Crippen LogP contribution in [0.5, 0.6) is 0 Å². The lowest BCUT2D eigenvalue weighted by Gasteiger charge is -2.00. The van der Waals surface area contributed by atoms with E-state index in [0.717, 1.165) is 17.5 Å². The first-order valence-electron chi connectivity index (χ1n) is 6.32. The number of hydrogen-bond acceptors (Lipinski definition) is 3. The first-order chi connectivity index (χ1) is 9.78. The highest BCUT2D eigenvalue weighted by molar-refractivity contribution is 5.86. The minimum atomic E-state index is 0.614. The predicted octanol–water partition coefficient (Wildman–Crippen LogP) is 3.06. The first kappa shape index (κ1) is 12.3. The Hall–Kier alpha value is -2.75. The number of rotatable bonds is 3. The Morgan fingerprint density at radius 2 is 1.80 bits per heavy atom. The molecule has 0 bridgehead atoms. The van der Waals surface area contributed by atoms with Gasteiger partial charge < -0.3 is 0 Å². The van der Waals surface area contributed by atoms with E-state index in [1.54, 1.807) is 10.7 Å². The summed E-state index contributed by atoms with van der Waals surface area (Å²) in [6, 6.07) is 15.4. The van der Waals surface area contributed by atoms with Gasteiger partial charge in [0.2, 0.25) is 0 Å². The highest BCUT2D eigenvalue weighted by Crippen LogP contribution is 2.21. The lowest BCUT2D eigenvalue weighted by Crippen LogP contribution is -1.94. The molecular formula is C16H13N3O. The van der Waals surface area contributed by atoms with Gasteiger partial charge in [-0.05, 0) is 19.1 Å². The Kier molecular flexibility index (Phi) is 3.13. The summed E-state index contributed by atoms with van der Waals surface area (Å²) >= 11 is 0. The van der Waals surface area contributed by atoms with Crippen LogP contribution in [0.3, 0.4) is 0 Å². The molecule has 3 rings (SSSR count). The molecule has 0 saturated carbocycles. The van der Waals surface area contributed by atoms with Gasteiger partial charge in [0.25, 0.3) is 0 Å². The molecule has 3 aromatic rings. The summed E-state index contributed by atoms with van der Waals surface area (Å²) in [6.07, 6.45) is 2.66. The molecule has 0 N–H and O–H groups in total. The highest BCUT2D eigenvalue weighted by Gasteiger charge is 2.08. The van der Waals surface area contributed by atoms with E-state index in [4.69, 9.17) is 0 Å². The molecular weight excluding hydrogens is 250 g/mol. The maximum absolute atomic E-state index is 11.1. The van der Waals surface area contributed by atoms with Crippen molar-refractivity contribution in [2.75, 3.05) is 0 Å². The third-order valence-electron chi connectivity index (χ3n) is 3.16. The van der Waals surface area contributed by atoms with Crippen molar-refractivity contribution in [1.82, 2.24) is 15.0 Å². The molecule has 2 aromatic carbocycles. The Labute approximate surface area is 116 Å². The van der Waals surface area contributed by atoms with Gasteiger partial charge in [-0.15, -0.1) is 5.10 Å². The smallest absolute Gasteiger partial charge is 0.150 e. The fourth-order valence-corrected chi connectivity index (χ4v) is 2.04. The van der Waals surface area contributed by atoms with E-state index in [9.17, 15) is 4.79 Å². The topological polar surface area (TPSA) is 47.8 Å². The van der Waals surface area contributed by atoms with Crippen molar-refractivity contribution in [1.29, 1.82) is 0 Å². The third-order valence-corrected chi connectivity index (χ3v) is 3.16. The largest absolute Gasteiger partial charge is 0.298 e. The van der Waals surface area contributed by atoms with Gasteiger partial charge in [-0.1, -0.05) is 47.2 Å². The van der Waals surface area contributed by atoms with Crippen molar-refractivity contribution < 1.29 is 4.79 Å². The average Bonchev–Trinajstić information content (AvgIpc) is 2.97. The number of aldehydes is 1. The van der Waals surface area contributed by atoms with Gasteiger partial charge in [0, 0.05) is 11.1 Å². The minimum absolute atomic E-state index is 0.614. The number of carbonyl (C=O) groups excluding carboxylic acids is 1.